The van der Waals surface area contributed by atoms with E-state index in [0.29, 0.717) is 50.3 Å². The summed E-state index contributed by atoms with van der Waals surface area (Å²) in [5.41, 5.74) is 0.641. The summed E-state index contributed by atoms with van der Waals surface area (Å²) in [6.45, 7) is 5.16. The second-order valence-electron chi connectivity index (χ2n) is 6.64. The molecule has 0 aromatic carbocycles. The van der Waals surface area contributed by atoms with E-state index >= 15 is 0 Å². The smallest absolute Gasteiger partial charge is 0.261 e. The number of aromatic amines is 1. The molecule has 0 bridgehead atoms. The number of nitrogens with one attached hydrogen (secondary N) is 1. The van der Waals surface area contributed by atoms with Crippen molar-refractivity contribution >= 4 is 17.6 Å². The second kappa shape index (κ2) is 6.22. The van der Waals surface area contributed by atoms with E-state index in [-0.39, 0.29) is 29.1 Å². The van der Waals surface area contributed by atoms with Crippen LogP contribution < -0.4 is 5.56 Å². The number of pyridine rings is 1. The summed E-state index contributed by atoms with van der Waals surface area (Å²) in [5, 5.41) is 0. The Morgan fingerprint density at radius 3 is 2.33 bits per heavy atom. The van der Waals surface area contributed by atoms with Crippen molar-refractivity contribution in [1.82, 2.24) is 14.8 Å². The van der Waals surface area contributed by atoms with Crippen LogP contribution in [0.1, 0.15) is 46.7 Å². The maximum Gasteiger partial charge on any atom is 0.261 e. The number of rotatable bonds is 1. The number of piperazine rings is 1. The Morgan fingerprint density at radius 1 is 1.08 bits per heavy atom. The van der Waals surface area contributed by atoms with Crippen molar-refractivity contribution in [3.8, 4) is 0 Å². The third kappa shape index (κ3) is 2.98. The van der Waals surface area contributed by atoms with E-state index < -0.39 is 5.56 Å². The first-order valence-electron chi connectivity index (χ1n) is 8.21. The van der Waals surface area contributed by atoms with Crippen LogP contribution >= 0.6 is 0 Å². The molecule has 2 heterocycles. The fourth-order valence-electron chi connectivity index (χ4n) is 3.38. The average Bonchev–Trinajstić information content (AvgIpc) is 2.53. The number of carbonyl (C=O) groups excluding carboxylic acids is 3. The highest BCUT2D eigenvalue weighted by Crippen LogP contribution is 2.23. The largest absolute Gasteiger partial charge is 0.339 e. The number of amides is 2. The number of hydrogen-bond donors (Lipinski definition) is 1. The fourth-order valence-corrected chi connectivity index (χ4v) is 3.38. The van der Waals surface area contributed by atoms with Crippen LogP contribution in [-0.2, 0) is 11.2 Å². The molecule has 2 aliphatic rings. The normalized spacial score (nSPS) is 20.8. The molecule has 7 nitrogen and oxygen atoms in total. The van der Waals surface area contributed by atoms with Gasteiger partial charge in [0.1, 0.15) is 5.56 Å². The van der Waals surface area contributed by atoms with Gasteiger partial charge in [-0.1, -0.05) is 6.92 Å². The van der Waals surface area contributed by atoms with Gasteiger partial charge in [-0.2, -0.15) is 0 Å². The topological polar surface area (TPSA) is 90.6 Å². The number of ketones is 1. The van der Waals surface area contributed by atoms with Crippen molar-refractivity contribution in [2.45, 2.75) is 26.7 Å². The van der Waals surface area contributed by atoms with Gasteiger partial charge < -0.3 is 14.8 Å². The van der Waals surface area contributed by atoms with Crippen molar-refractivity contribution < 1.29 is 14.4 Å². The van der Waals surface area contributed by atoms with Crippen LogP contribution in [0.5, 0.6) is 0 Å². The first-order chi connectivity index (χ1) is 11.4. The number of nitrogens with zero attached hydrogens (tertiary/aromatic N) is 2. The monoisotopic (exact) mass is 331 g/mol. The van der Waals surface area contributed by atoms with Crippen molar-refractivity contribution in [2.75, 3.05) is 26.2 Å². The molecule has 0 radical (unpaired) electrons. The minimum Gasteiger partial charge on any atom is -0.339 e. The van der Waals surface area contributed by atoms with Gasteiger partial charge in [-0.25, -0.2) is 0 Å². The fraction of sp³-hybridized carbons (Fsp3) is 0.529. The predicted molar refractivity (Wildman–Crippen MR) is 87.0 cm³/mol. The molecule has 7 heteroatoms. The highest BCUT2D eigenvalue weighted by molar-refractivity contribution is 6.01. The van der Waals surface area contributed by atoms with Gasteiger partial charge in [-0.05, 0) is 18.4 Å². The summed E-state index contributed by atoms with van der Waals surface area (Å²) >= 11 is 0. The molecule has 1 aliphatic heterocycles. The number of H-pyrrole nitrogens is 1. The molecular formula is C17H21N3O4. The van der Waals surface area contributed by atoms with Gasteiger partial charge in [0.2, 0.25) is 5.91 Å². The minimum absolute atomic E-state index is 0.00734. The molecule has 1 aliphatic carbocycles. The van der Waals surface area contributed by atoms with Crippen LogP contribution in [0.25, 0.3) is 0 Å². The molecule has 1 unspecified atom stereocenters. The van der Waals surface area contributed by atoms with E-state index in [0.717, 1.165) is 0 Å². The molecule has 1 fully saturated rings. The van der Waals surface area contributed by atoms with Crippen molar-refractivity contribution in [2.24, 2.45) is 5.92 Å². The summed E-state index contributed by atoms with van der Waals surface area (Å²) < 4.78 is 0. The summed E-state index contributed by atoms with van der Waals surface area (Å²) in [5.74, 6) is -0.237. The van der Waals surface area contributed by atoms with Crippen molar-refractivity contribution in [3.63, 3.8) is 0 Å². The van der Waals surface area contributed by atoms with Crippen LogP contribution in [0, 0.1) is 5.92 Å². The molecule has 24 heavy (non-hydrogen) atoms. The first-order valence-corrected chi connectivity index (χ1v) is 8.21. The van der Waals surface area contributed by atoms with Crippen LogP contribution in [0.15, 0.2) is 10.9 Å². The number of aromatic nitrogens is 1. The SMILES string of the molecule is CC(=O)N1CCN(C(=O)c2cc3c([nH]c2=O)CC(C)CC3=O)CC1. The van der Waals surface area contributed by atoms with E-state index in [1.165, 1.54) is 13.0 Å². The Labute approximate surface area is 139 Å². The summed E-state index contributed by atoms with van der Waals surface area (Å²) in [7, 11) is 0. The lowest BCUT2D eigenvalue weighted by Gasteiger charge is -2.34. The molecule has 128 valence electrons. The lowest BCUT2D eigenvalue weighted by atomic mass is 9.86. The Balaban J connectivity index is 1.84. The molecule has 1 atom stereocenters. The van der Waals surface area contributed by atoms with E-state index in [2.05, 4.69) is 4.98 Å². The molecule has 1 aromatic heterocycles. The summed E-state index contributed by atoms with van der Waals surface area (Å²) in [4.78, 5) is 54.4. The maximum atomic E-state index is 12.6. The molecule has 1 saturated heterocycles. The Bertz CT molecular complexity index is 760. The van der Waals surface area contributed by atoms with Gasteiger partial charge >= 0.3 is 0 Å². The van der Waals surface area contributed by atoms with E-state index in [9.17, 15) is 19.2 Å². The zero-order chi connectivity index (χ0) is 17.4. The molecule has 0 spiro atoms. The highest BCUT2D eigenvalue weighted by Gasteiger charge is 2.29. The standard InChI is InChI=1S/C17H21N3O4/c1-10-7-14-12(15(22)8-10)9-13(16(23)18-14)17(24)20-5-3-19(4-6-20)11(2)21/h9-10H,3-8H2,1-2H3,(H,18,23). The van der Waals surface area contributed by atoms with E-state index in [1.807, 2.05) is 6.92 Å². The maximum absolute atomic E-state index is 12.6. The quantitative estimate of drug-likeness (QED) is 0.809. The molecule has 0 saturated carbocycles. The lowest BCUT2D eigenvalue weighted by molar-refractivity contribution is -0.130. The molecule has 1 N–H and O–H groups in total. The first kappa shape index (κ1) is 16.4. The molecule has 2 amide bonds. The lowest BCUT2D eigenvalue weighted by Crippen LogP contribution is -2.50. The molecule has 3 rings (SSSR count). The zero-order valence-electron chi connectivity index (χ0n) is 13.9. The molecule has 1 aromatic rings. The van der Waals surface area contributed by atoms with Crippen LogP contribution in [0.2, 0.25) is 0 Å². The highest BCUT2D eigenvalue weighted by atomic mass is 16.2. The summed E-state index contributed by atoms with van der Waals surface area (Å²) in [6, 6.07) is 1.45. The van der Waals surface area contributed by atoms with Gasteiger partial charge in [0.05, 0.1) is 0 Å². The molecular weight excluding hydrogens is 310 g/mol. The van der Waals surface area contributed by atoms with Crippen LogP contribution in [0.4, 0.5) is 0 Å². The zero-order valence-corrected chi connectivity index (χ0v) is 13.9. The second-order valence-corrected chi connectivity index (χ2v) is 6.64. The number of hydrogen-bond acceptors (Lipinski definition) is 4. The Morgan fingerprint density at radius 2 is 1.71 bits per heavy atom. The van der Waals surface area contributed by atoms with Gasteiger partial charge in [0.25, 0.3) is 11.5 Å². The summed E-state index contributed by atoms with van der Waals surface area (Å²) in [6.07, 6.45) is 1.08. The number of carbonyl (C=O) groups is 3. The van der Waals surface area contributed by atoms with E-state index in [1.54, 1.807) is 9.80 Å². The van der Waals surface area contributed by atoms with Crippen LogP contribution in [-0.4, -0.2) is 58.6 Å². The third-order valence-corrected chi connectivity index (χ3v) is 4.75. The minimum atomic E-state index is -0.449. The Kier molecular flexibility index (Phi) is 4.26. The van der Waals surface area contributed by atoms with Crippen LogP contribution in [0.3, 0.4) is 0 Å². The van der Waals surface area contributed by atoms with Gasteiger partial charge in [-0.15, -0.1) is 0 Å². The number of fused-ring (bicyclic) bond motifs is 1. The van der Waals surface area contributed by atoms with Gasteiger partial charge in [-0.3, -0.25) is 19.2 Å². The van der Waals surface area contributed by atoms with Gasteiger partial charge in [0, 0.05) is 50.8 Å². The van der Waals surface area contributed by atoms with Gasteiger partial charge in [0.15, 0.2) is 5.78 Å². The predicted octanol–water partition coefficient (Wildman–Crippen LogP) is 0.444. The third-order valence-electron chi connectivity index (χ3n) is 4.75. The van der Waals surface area contributed by atoms with E-state index in [4.69, 9.17) is 0 Å². The van der Waals surface area contributed by atoms with Crippen molar-refractivity contribution in [1.29, 1.82) is 0 Å². The Hall–Kier alpha value is -2.44. The average molecular weight is 331 g/mol. The number of Topliss-reactive ketones (excluding diaryl/α,β-unsaturated/α-hetero) is 1. The van der Waals surface area contributed by atoms with Crippen molar-refractivity contribution in [3.05, 3.63) is 33.2 Å².